The molecular formula is C15H34IN5S. The summed E-state index contributed by atoms with van der Waals surface area (Å²) in [4.78, 5) is 9.37. The lowest BCUT2D eigenvalue weighted by Crippen LogP contribution is -2.48. The van der Waals surface area contributed by atoms with Crippen molar-refractivity contribution in [3.63, 3.8) is 0 Å². The number of nitrogens with one attached hydrogen (secondary N) is 2. The number of aliphatic imine (C=N–C) groups is 1. The topological polar surface area (TPSA) is 42.9 Å². The van der Waals surface area contributed by atoms with E-state index in [-0.39, 0.29) is 24.0 Å². The van der Waals surface area contributed by atoms with E-state index in [1.54, 1.807) is 0 Å². The van der Waals surface area contributed by atoms with Crippen LogP contribution in [0.2, 0.25) is 0 Å². The molecule has 1 rings (SSSR count). The number of rotatable bonds is 8. The summed E-state index contributed by atoms with van der Waals surface area (Å²) in [6.07, 6.45) is 2.12. The van der Waals surface area contributed by atoms with Crippen LogP contribution in [0.25, 0.3) is 0 Å². The first kappa shape index (κ1) is 22.3. The van der Waals surface area contributed by atoms with Gasteiger partial charge in [-0.1, -0.05) is 13.8 Å². The minimum Gasteiger partial charge on any atom is -0.356 e. The number of nitrogens with zero attached hydrogens (tertiary/aromatic N) is 3. The second-order valence-electron chi connectivity index (χ2n) is 5.71. The number of piperazine rings is 1. The van der Waals surface area contributed by atoms with Crippen LogP contribution in [0.4, 0.5) is 0 Å². The lowest BCUT2D eigenvalue weighted by atomic mass is 10.1. The predicted molar refractivity (Wildman–Crippen MR) is 111 cm³/mol. The van der Waals surface area contributed by atoms with Crippen LogP contribution in [0.15, 0.2) is 4.99 Å². The summed E-state index contributed by atoms with van der Waals surface area (Å²) in [5.74, 6) is 2.67. The van der Waals surface area contributed by atoms with Gasteiger partial charge in [0.15, 0.2) is 5.96 Å². The van der Waals surface area contributed by atoms with E-state index in [4.69, 9.17) is 0 Å². The molecule has 1 aliphatic heterocycles. The highest BCUT2D eigenvalue weighted by atomic mass is 127. The van der Waals surface area contributed by atoms with Crippen molar-refractivity contribution in [1.82, 2.24) is 20.4 Å². The largest absolute Gasteiger partial charge is 0.356 e. The summed E-state index contributed by atoms with van der Waals surface area (Å²) in [5.41, 5.74) is 0. The van der Waals surface area contributed by atoms with Gasteiger partial charge in [-0.25, -0.2) is 0 Å². The molecule has 0 aliphatic carbocycles. The van der Waals surface area contributed by atoms with Gasteiger partial charge in [-0.15, -0.1) is 24.0 Å². The molecule has 1 heterocycles. The molecule has 22 heavy (non-hydrogen) atoms. The molecule has 132 valence electrons. The smallest absolute Gasteiger partial charge is 0.191 e. The Morgan fingerprint density at radius 2 is 1.82 bits per heavy atom. The molecule has 1 unspecified atom stereocenters. The molecule has 0 aromatic rings. The molecule has 0 bridgehead atoms. The molecular weight excluding hydrogens is 409 g/mol. The third kappa shape index (κ3) is 9.42. The van der Waals surface area contributed by atoms with Gasteiger partial charge in [-0.3, -0.25) is 4.99 Å². The van der Waals surface area contributed by atoms with Crippen LogP contribution >= 0.6 is 35.7 Å². The van der Waals surface area contributed by atoms with Gasteiger partial charge in [-0.2, -0.15) is 11.8 Å². The maximum Gasteiger partial charge on any atom is 0.191 e. The summed E-state index contributed by atoms with van der Waals surface area (Å²) >= 11 is 1.85. The Balaban J connectivity index is 0.00000441. The zero-order valence-corrected chi connectivity index (χ0v) is 17.7. The molecule has 0 spiro atoms. The van der Waals surface area contributed by atoms with Crippen LogP contribution in [-0.2, 0) is 0 Å². The summed E-state index contributed by atoms with van der Waals surface area (Å²) in [7, 11) is 1.84. The van der Waals surface area contributed by atoms with E-state index in [2.05, 4.69) is 45.5 Å². The maximum absolute atomic E-state index is 4.26. The Labute approximate surface area is 158 Å². The molecule has 7 heteroatoms. The standard InChI is InChI=1S/C15H33N5S.HI/c1-5-19-7-9-20(10-8-19)13-14(2)12-18-15(16-3)17-6-11-21-4;/h14H,5-13H2,1-4H3,(H2,16,17,18);1H. The fraction of sp³-hybridized carbons (Fsp3) is 0.933. The van der Waals surface area contributed by atoms with Gasteiger partial charge in [0.1, 0.15) is 0 Å². The first-order valence-corrected chi connectivity index (χ1v) is 9.47. The quantitative estimate of drug-likeness (QED) is 0.257. The summed E-state index contributed by atoms with van der Waals surface area (Å²) in [5, 5.41) is 6.77. The van der Waals surface area contributed by atoms with Crippen molar-refractivity contribution in [3.05, 3.63) is 0 Å². The van der Waals surface area contributed by atoms with Crippen molar-refractivity contribution in [2.45, 2.75) is 13.8 Å². The monoisotopic (exact) mass is 443 g/mol. The normalized spacial score (nSPS) is 18.6. The van der Waals surface area contributed by atoms with Gasteiger partial charge in [0.25, 0.3) is 0 Å². The van der Waals surface area contributed by atoms with Gasteiger partial charge in [0.05, 0.1) is 0 Å². The Morgan fingerprint density at radius 3 is 2.36 bits per heavy atom. The second kappa shape index (κ2) is 13.7. The van der Waals surface area contributed by atoms with Crippen molar-refractivity contribution in [3.8, 4) is 0 Å². The van der Waals surface area contributed by atoms with E-state index in [9.17, 15) is 0 Å². The van der Waals surface area contributed by atoms with Crippen LogP contribution < -0.4 is 10.6 Å². The van der Waals surface area contributed by atoms with E-state index in [1.165, 1.54) is 39.3 Å². The van der Waals surface area contributed by atoms with Gasteiger partial charge in [-0.05, 0) is 18.7 Å². The molecule has 2 N–H and O–H groups in total. The fourth-order valence-corrected chi connectivity index (χ4v) is 2.86. The average molecular weight is 443 g/mol. The number of likely N-dealkylation sites (N-methyl/N-ethyl adjacent to an activating group) is 1. The fourth-order valence-electron chi connectivity index (χ4n) is 2.56. The van der Waals surface area contributed by atoms with E-state index in [0.717, 1.165) is 24.8 Å². The Morgan fingerprint density at radius 1 is 1.18 bits per heavy atom. The number of guanidine groups is 1. The molecule has 1 atom stereocenters. The van der Waals surface area contributed by atoms with Crippen LogP contribution in [0.5, 0.6) is 0 Å². The third-order valence-corrected chi connectivity index (χ3v) is 4.53. The summed E-state index contributed by atoms with van der Waals surface area (Å²) in [6, 6.07) is 0. The lowest BCUT2D eigenvalue weighted by Gasteiger charge is -2.35. The number of hydrogen-bond donors (Lipinski definition) is 2. The van der Waals surface area contributed by atoms with Crippen LogP contribution in [0.3, 0.4) is 0 Å². The molecule has 1 aliphatic rings. The highest BCUT2D eigenvalue weighted by Crippen LogP contribution is 2.04. The molecule has 0 saturated carbocycles. The Hall–Kier alpha value is 0.270. The minimum atomic E-state index is 0. The van der Waals surface area contributed by atoms with Crippen molar-refractivity contribution < 1.29 is 0 Å². The van der Waals surface area contributed by atoms with Crippen LogP contribution in [0.1, 0.15) is 13.8 Å². The number of halogens is 1. The Kier molecular flexibility index (Phi) is 13.9. The maximum atomic E-state index is 4.26. The van der Waals surface area contributed by atoms with Crippen molar-refractivity contribution >= 4 is 41.7 Å². The van der Waals surface area contributed by atoms with E-state index in [1.807, 2.05) is 18.8 Å². The lowest BCUT2D eigenvalue weighted by molar-refractivity contribution is 0.124. The molecule has 0 radical (unpaired) electrons. The van der Waals surface area contributed by atoms with Gasteiger partial charge >= 0.3 is 0 Å². The number of hydrogen-bond acceptors (Lipinski definition) is 4. The van der Waals surface area contributed by atoms with Gasteiger partial charge in [0.2, 0.25) is 0 Å². The predicted octanol–water partition coefficient (Wildman–Crippen LogP) is 1.41. The SMILES string of the molecule is CCN1CCN(CC(C)CNC(=NC)NCCSC)CC1.I. The highest BCUT2D eigenvalue weighted by molar-refractivity contribution is 14.0. The third-order valence-electron chi connectivity index (χ3n) is 3.92. The second-order valence-corrected chi connectivity index (χ2v) is 6.70. The van der Waals surface area contributed by atoms with E-state index >= 15 is 0 Å². The van der Waals surface area contributed by atoms with E-state index in [0.29, 0.717) is 5.92 Å². The van der Waals surface area contributed by atoms with Gasteiger partial charge in [0, 0.05) is 58.6 Å². The van der Waals surface area contributed by atoms with Crippen molar-refractivity contribution in [1.29, 1.82) is 0 Å². The van der Waals surface area contributed by atoms with E-state index < -0.39 is 0 Å². The molecule has 1 fully saturated rings. The van der Waals surface area contributed by atoms with Crippen LogP contribution in [0, 0.1) is 5.92 Å². The molecule has 5 nitrogen and oxygen atoms in total. The molecule has 0 aromatic heterocycles. The number of thioether (sulfide) groups is 1. The molecule has 0 aromatic carbocycles. The Bertz CT molecular complexity index is 296. The van der Waals surface area contributed by atoms with Crippen molar-refractivity contribution in [2.24, 2.45) is 10.9 Å². The van der Waals surface area contributed by atoms with Gasteiger partial charge < -0.3 is 20.4 Å². The average Bonchev–Trinajstić information content (AvgIpc) is 2.51. The first-order valence-electron chi connectivity index (χ1n) is 8.07. The van der Waals surface area contributed by atoms with Crippen molar-refractivity contribution in [2.75, 3.05) is 71.4 Å². The summed E-state index contributed by atoms with van der Waals surface area (Å²) < 4.78 is 0. The van der Waals surface area contributed by atoms with Crippen LogP contribution in [-0.4, -0.2) is 87.2 Å². The summed E-state index contributed by atoms with van der Waals surface area (Å²) in [6.45, 7) is 13.7. The zero-order valence-electron chi connectivity index (χ0n) is 14.6. The highest BCUT2D eigenvalue weighted by Gasteiger charge is 2.17. The molecule has 1 saturated heterocycles. The zero-order chi connectivity index (χ0) is 15.5. The molecule has 0 amide bonds. The minimum absolute atomic E-state index is 0. The first-order chi connectivity index (χ1) is 10.2.